The van der Waals surface area contributed by atoms with Crippen LogP contribution < -0.4 is 5.32 Å². The molecule has 0 aliphatic heterocycles. The first-order chi connectivity index (χ1) is 10.6. The van der Waals surface area contributed by atoms with Gasteiger partial charge in [-0.15, -0.1) is 0 Å². The van der Waals surface area contributed by atoms with E-state index in [0.29, 0.717) is 6.42 Å². The number of amides is 1. The van der Waals surface area contributed by atoms with Crippen molar-refractivity contribution in [2.75, 3.05) is 27.2 Å². The van der Waals surface area contributed by atoms with Gasteiger partial charge in [0, 0.05) is 42.5 Å². The number of aromatic amines is 1. The number of carbonyl (C=O) groups is 1. The molecule has 4 nitrogen and oxygen atoms in total. The van der Waals surface area contributed by atoms with Crippen LogP contribution >= 0.6 is 0 Å². The van der Waals surface area contributed by atoms with Gasteiger partial charge in [0.1, 0.15) is 0 Å². The Bertz CT molecular complexity index is 603. The number of hydrogen-bond donors (Lipinski definition) is 2. The number of carbonyl (C=O) groups excluding carboxylic acids is 1. The van der Waals surface area contributed by atoms with Crippen LogP contribution in [0.2, 0.25) is 0 Å². The van der Waals surface area contributed by atoms with Crippen molar-refractivity contribution in [3.8, 4) is 0 Å². The molecular weight excluding hydrogens is 274 g/mol. The lowest BCUT2D eigenvalue weighted by Gasteiger charge is -2.20. The second kappa shape index (κ2) is 7.99. The molecule has 1 aromatic heterocycles. The van der Waals surface area contributed by atoms with Crippen LogP contribution in [0.3, 0.4) is 0 Å². The Morgan fingerprint density at radius 2 is 2.09 bits per heavy atom. The summed E-state index contributed by atoms with van der Waals surface area (Å²) in [4.78, 5) is 17.7. The molecule has 1 unspecified atom stereocenters. The van der Waals surface area contributed by atoms with Crippen molar-refractivity contribution < 1.29 is 4.79 Å². The third kappa shape index (κ3) is 4.34. The fourth-order valence-corrected chi connectivity index (χ4v) is 2.85. The van der Waals surface area contributed by atoms with E-state index in [9.17, 15) is 4.79 Å². The Labute approximate surface area is 132 Å². The van der Waals surface area contributed by atoms with Gasteiger partial charge in [-0.25, -0.2) is 0 Å². The first-order valence-corrected chi connectivity index (χ1v) is 8.09. The molecule has 0 spiro atoms. The topological polar surface area (TPSA) is 48.1 Å². The third-order valence-electron chi connectivity index (χ3n) is 3.93. The standard InChI is InChI=1S/C18H27N3O/c1-4-5-10-19-18(22)11-14(13-21(2)3)16-12-20-17-9-7-6-8-15(16)17/h6-9,12,14,20H,4-5,10-11,13H2,1-3H3,(H,19,22). The first-order valence-electron chi connectivity index (χ1n) is 8.09. The molecule has 0 saturated heterocycles. The number of likely N-dealkylation sites (N-methyl/N-ethyl adjacent to an activating group) is 1. The molecule has 1 atom stereocenters. The fraction of sp³-hybridized carbons (Fsp3) is 0.500. The maximum absolute atomic E-state index is 12.2. The van der Waals surface area contributed by atoms with E-state index in [0.717, 1.165) is 31.4 Å². The van der Waals surface area contributed by atoms with Crippen molar-refractivity contribution in [2.24, 2.45) is 0 Å². The molecule has 2 rings (SSSR count). The summed E-state index contributed by atoms with van der Waals surface area (Å²) in [6.45, 7) is 3.77. The smallest absolute Gasteiger partial charge is 0.220 e. The SMILES string of the molecule is CCCCNC(=O)CC(CN(C)C)c1c[nH]c2ccccc12. The van der Waals surface area contributed by atoms with Crippen molar-refractivity contribution in [3.05, 3.63) is 36.0 Å². The second-order valence-corrected chi connectivity index (χ2v) is 6.16. The number of unbranched alkanes of at least 4 members (excludes halogenated alkanes) is 1. The van der Waals surface area contributed by atoms with Crippen LogP contribution in [0.25, 0.3) is 10.9 Å². The molecule has 2 N–H and O–H groups in total. The quantitative estimate of drug-likeness (QED) is 0.736. The van der Waals surface area contributed by atoms with Gasteiger partial charge in [0.05, 0.1) is 0 Å². The summed E-state index contributed by atoms with van der Waals surface area (Å²) in [5, 5.41) is 4.25. The number of hydrogen-bond acceptors (Lipinski definition) is 2. The highest BCUT2D eigenvalue weighted by Crippen LogP contribution is 2.28. The maximum atomic E-state index is 12.2. The van der Waals surface area contributed by atoms with E-state index in [4.69, 9.17) is 0 Å². The predicted octanol–water partition coefficient (Wildman–Crippen LogP) is 3.12. The van der Waals surface area contributed by atoms with Gasteiger partial charge in [-0.1, -0.05) is 31.5 Å². The van der Waals surface area contributed by atoms with E-state index in [-0.39, 0.29) is 11.8 Å². The summed E-state index contributed by atoms with van der Waals surface area (Å²) in [7, 11) is 4.10. The molecule has 0 fully saturated rings. The van der Waals surface area contributed by atoms with E-state index in [1.807, 2.05) is 12.1 Å². The zero-order valence-electron chi connectivity index (χ0n) is 13.9. The van der Waals surface area contributed by atoms with Crippen LogP contribution in [0, 0.1) is 0 Å². The minimum absolute atomic E-state index is 0.144. The molecule has 0 aliphatic rings. The van der Waals surface area contributed by atoms with Gasteiger partial charge >= 0.3 is 0 Å². The Hall–Kier alpha value is -1.81. The molecule has 0 aliphatic carbocycles. The van der Waals surface area contributed by atoms with Gasteiger partial charge in [-0.3, -0.25) is 4.79 Å². The minimum atomic E-state index is 0.144. The lowest BCUT2D eigenvalue weighted by molar-refractivity contribution is -0.121. The van der Waals surface area contributed by atoms with Crippen molar-refractivity contribution in [1.29, 1.82) is 0 Å². The zero-order chi connectivity index (χ0) is 15.9. The highest BCUT2D eigenvalue weighted by atomic mass is 16.1. The van der Waals surface area contributed by atoms with Crippen LogP contribution in [0.1, 0.15) is 37.7 Å². The van der Waals surface area contributed by atoms with Gasteiger partial charge in [0.25, 0.3) is 0 Å². The average Bonchev–Trinajstić information content (AvgIpc) is 2.90. The number of benzene rings is 1. The van der Waals surface area contributed by atoms with Gasteiger partial charge in [0.2, 0.25) is 5.91 Å². The summed E-state index contributed by atoms with van der Waals surface area (Å²) in [5.41, 5.74) is 2.36. The van der Waals surface area contributed by atoms with Crippen LogP contribution in [-0.4, -0.2) is 43.0 Å². The summed E-state index contributed by atoms with van der Waals surface area (Å²) in [6, 6.07) is 8.28. The molecule has 4 heteroatoms. The molecule has 0 saturated carbocycles. The Morgan fingerprint density at radius 1 is 1.32 bits per heavy atom. The molecule has 0 bridgehead atoms. The molecule has 22 heavy (non-hydrogen) atoms. The number of fused-ring (bicyclic) bond motifs is 1. The predicted molar refractivity (Wildman–Crippen MR) is 92.1 cm³/mol. The van der Waals surface area contributed by atoms with Crippen LogP contribution in [-0.2, 0) is 4.79 Å². The average molecular weight is 301 g/mol. The molecule has 1 amide bonds. The van der Waals surface area contributed by atoms with Gasteiger partial charge in [0.15, 0.2) is 0 Å². The van der Waals surface area contributed by atoms with Crippen molar-refractivity contribution >= 4 is 16.8 Å². The maximum Gasteiger partial charge on any atom is 0.220 e. The molecular formula is C18H27N3O. The van der Waals surface area contributed by atoms with Crippen LogP contribution in [0.5, 0.6) is 0 Å². The van der Waals surface area contributed by atoms with Crippen molar-refractivity contribution in [1.82, 2.24) is 15.2 Å². The highest BCUT2D eigenvalue weighted by molar-refractivity contribution is 5.85. The molecule has 0 radical (unpaired) electrons. The monoisotopic (exact) mass is 301 g/mol. The Kier molecular flexibility index (Phi) is 6.01. The van der Waals surface area contributed by atoms with Crippen molar-refractivity contribution in [2.45, 2.75) is 32.1 Å². The number of rotatable bonds is 8. The second-order valence-electron chi connectivity index (χ2n) is 6.16. The van der Waals surface area contributed by atoms with Gasteiger partial charge in [-0.2, -0.15) is 0 Å². The largest absolute Gasteiger partial charge is 0.361 e. The first kappa shape index (κ1) is 16.6. The Balaban J connectivity index is 2.13. The van der Waals surface area contributed by atoms with Crippen LogP contribution in [0.4, 0.5) is 0 Å². The number of H-pyrrole nitrogens is 1. The third-order valence-corrected chi connectivity index (χ3v) is 3.93. The number of nitrogens with one attached hydrogen (secondary N) is 2. The van der Waals surface area contributed by atoms with E-state index < -0.39 is 0 Å². The van der Waals surface area contributed by atoms with Crippen molar-refractivity contribution in [3.63, 3.8) is 0 Å². The summed E-state index contributed by atoms with van der Waals surface area (Å²) in [5.74, 6) is 0.346. The van der Waals surface area contributed by atoms with Crippen LogP contribution in [0.15, 0.2) is 30.5 Å². The molecule has 2 aromatic rings. The Morgan fingerprint density at radius 3 is 2.82 bits per heavy atom. The molecule has 1 heterocycles. The summed E-state index contributed by atoms with van der Waals surface area (Å²) in [6.07, 6.45) is 4.73. The van der Waals surface area contributed by atoms with Gasteiger partial charge in [-0.05, 0) is 32.1 Å². The number of para-hydroxylation sites is 1. The normalized spacial score (nSPS) is 12.7. The minimum Gasteiger partial charge on any atom is -0.361 e. The molecule has 1 aromatic carbocycles. The summed E-state index contributed by atoms with van der Waals surface area (Å²) < 4.78 is 0. The van der Waals surface area contributed by atoms with Gasteiger partial charge < -0.3 is 15.2 Å². The zero-order valence-corrected chi connectivity index (χ0v) is 13.9. The lowest BCUT2D eigenvalue weighted by atomic mass is 9.94. The number of nitrogens with zero attached hydrogens (tertiary/aromatic N) is 1. The number of aromatic nitrogens is 1. The fourth-order valence-electron chi connectivity index (χ4n) is 2.85. The van der Waals surface area contributed by atoms with E-state index in [1.165, 1.54) is 10.9 Å². The van der Waals surface area contributed by atoms with E-state index in [2.05, 4.69) is 54.5 Å². The van der Waals surface area contributed by atoms with E-state index in [1.54, 1.807) is 0 Å². The highest BCUT2D eigenvalue weighted by Gasteiger charge is 2.20. The lowest BCUT2D eigenvalue weighted by Crippen LogP contribution is -2.29. The summed E-state index contributed by atoms with van der Waals surface area (Å²) >= 11 is 0. The van der Waals surface area contributed by atoms with E-state index >= 15 is 0 Å². The molecule has 120 valence electrons.